The molecule has 0 aliphatic rings. The molecular weight excluding hydrogens is 180 g/mol. The summed E-state index contributed by atoms with van der Waals surface area (Å²) >= 11 is 0. The van der Waals surface area contributed by atoms with Crippen LogP contribution in [0.15, 0.2) is 59.8 Å². The van der Waals surface area contributed by atoms with Crippen LogP contribution in [0.5, 0.6) is 0 Å². The van der Waals surface area contributed by atoms with E-state index in [1.54, 1.807) is 0 Å². The highest BCUT2D eigenvalue weighted by atomic mass is 14.0. The smallest absolute Gasteiger partial charge is 0.0191 e. The highest BCUT2D eigenvalue weighted by Gasteiger charge is 1.94. The third-order valence-corrected chi connectivity index (χ3v) is 1.99. The monoisotopic (exact) mass is 202 g/mol. The zero-order chi connectivity index (χ0) is 11.5. The van der Waals surface area contributed by atoms with E-state index < -0.39 is 0 Å². The van der Waals surface area contributed by atoms with Gasteiger partial charge in [-0.1, -0.05) is 55.5 Å². The molecule has 0 unspecified atom stereocenters. The fraction of sp³-hybridized carbons (Fsp3) is 0.333. The molecule has 0 fully saturated rings. The van der Waals surface area contributed by atoms with Crippen LogP contribution < -0.4 is 0 Å². The summed E-state index contributed by atoms with van der Waals surface area (Å²) in [5, 5.41) is 0. The zero-order valence-corrected chi connectivity index (χ0v) is 10.3. The topological polar surface area (TPSA) is 0 Å². The van der Waals surface area contributed by atoms with E-state index in [1.165, 1.54) is 11.1 Å². The van der Waals surface area contributed by atoms with Crippen molar-refractivity contribution < 1.29 is 0 Å². The molecule has 0 radical (unpaired) electrons. The van der Waals surface area contributed by atoms with Gasteiger partial charge in [-0.05, 0) is 38.3 Å². The Morgan fingerprint density at radius 1 is 0.933 bits per heavy atom. The Bertz CT molecular complexity index is 296. The van der Waals surface area contributed by atoms with Crippen LogP contribution in [-0.2, 0) is 0 Å². The maximum atomic E-state index is 2.18. The Morgan fingerprint density at radius 3 is 2.13 bits per heavy atom. The van der Waals surface area contributed by atoms with Gasteiger partial charge in [0.05, 0.1) is 0 Å². The maximum absolute atomic E-state index is 2.18. The number of hydrogen-bond donors (Lipinski definition) is 0. The number of rotatable bonds is 5. The Morgan fingerprint density at radius 2 is 1.67 bits per heavy atom. The van der Waals surface area contributed by atoms with Crippen LogP contribution in [0.2, 0.25) is 0 Å². The van der Waals surface area contributed by atoms with Crippen molar-refractivity contribution in [1.29, 1.82) is 0 Å². The largest absolute Gasteiger partial charge is 0.0876 e. The van der Waals surface area contributed by atoms with Crippen LogP contribution in [0, 0.1) is 0 Å². The van der Waals surface area contributed by atoms with Gasteiger partial charge in [0.1, 0.15) is 0 Å². The van der Waals surface area contributed by atoms with Crippen molar-refractivity contribution in [2.45, 2.75) is 34.1 Å². The second-order valence-corrected chi connectivity index (χ2v) is 3.20. The van der Waals surface area contributed by atoms with Crippen molar-refractivity contribution in [3.63, 3.8) is 0 Å². The molecule has 0 heterocycles. The summed E-state index contributed by atoms with van der Waals surface area (Å²) in [6.07, 6.45) is 18.0. The fourth-order valence-electron chi connectivity index (χ4n) is 1.23. The van der Waals surface area contributed by atoms with Crippen molar-refractivity contribution in [2.24, 2.45) is 0 Å². The molecule has 0 nitrogen and oxygen atoms in total. The summed E-state index contributed by atoms with van der Waals surface area (Å²) in [5.41, 5.74) is 2.52. The summed E-state index contributed by atoms with van der Waals surface area (Å²) in [4.78, 5) is 0. The predicted octanol–water partition coefficient (Wildman–Crippen LogP) is 4.98. The molecule has 0 rings (SSSR count). The van der Waals surface area contributed by atoms with E-state index in [0.717, 1.165) is 6.42 Å². The minimum Gasteiger partial charge on any atom is -0.0876 e. The third-order valence-electron chi connectivity index (χ3n) is 1.99. The lowest BCUT2D eigenvalue weighted by molar-refractivity contribution is 1.22. The van der Waals surface area contributed by atoms with Crippen molar-refractivity contribution in [3.8, 4) is 0 Å². The van der Waals surface area contributed by atoms with E-state index in [4.69, 9.17) is 0 Å². The highest BCUT2D eigenvalue weighted by Crippen LogP contribution is 2.14. The van der Waals surface area contributed by atoms with E-state index in [0.29, 0.717) is 0 Å². The minimum absolute atomic E-state index is 1.07. The SMILES string of the molecule is C\C=C/C(=C\C=C\C)C(/C=C\CC)=C/C. The van der Waals surface area contributed by atoms with Crippen molar-refractivity contribution >= 4 is 0 Å². The van der Waals surface area contributed by atoms with Gasteiger partial charge < -0.3 is 0 Å². The lowest BCUT2D eigenvalue weighted by atomic mass is 10.0. The van der Waals surface area contributed by atoms with Crippen LogP contribution >= 0.6 is 0 Å². The molecule has 0 saturated carbocycles. The van der Waals surface area contributed by atoms with Gasteiger partial charge in [-0.25, -0.2) is 0 Å². The van der Waals surface area contributed by atoms with E-state index in [1.807, 2.05) is 19.9 Å². The molecule has 0 aromatic rings. The first-order valence-electron chi connectivity index (χ1n) is 5.59. The Labute approximate surface area is 94.4 Å². The second-order valence-electron chi connectivity index (χ2n) is 3.20. The molecule has 0 aromatic carbocycles. The van der Waals surface area contributed by atoms with Crippen LogP contribution in [0.3, 0.4) is 0 Å². The van der Waals surface area contributed by atoms with Gasteiger partial charge in [0.25, 0.3) is 0 Å². The molecule has 0 aromatic heterocycles. The summed E-state index contributed by atoms with van der Waals surface area (Å²) < 4.78 is 0. The first-order chi connectivity index (χ1) is 7.29. The van der Waals surface area contributed by atoms with Crippen LogP contribution in [0.4, 0.5) is 0 Å². The van der Waals surface area contributed by atoms with Gasteiger partial charge in [0.2, 0.25) is 0 Å². The standard InChI is InChI=1S/C15H22/c1-5-9-12-14(8-4)15(11-7-3)13-10-6-2/h6-13H,5H2,1-4H3/b10-6+,11-7-,12-9-,14-8+,15-13+. The number of hydrogen-bond acceptors (Lipinski definition) is 0. The molecule has 15 heavy (non-hydrogen) atoms. The molecule has 0 amide bonds. The fourth-order valence-corrected chi connectivity index (χ4v) is 1.23. The number of allylic oxidation sites excluding steroid dienone is 10. The van der Waals surface area contributed by atoms with Crippen molar-refractivity contribution in [3.05, 3.63) is 59.8 Å². The first kappa shape index (κ1) is 13.7. The van der Waals surface area contributed by atoms with E-state index in [-0.39, 0.29) is 0 Å². The van der Waals surface area contributed by atoms with Gasteiger partial charge in [-0.2, -0.15) is 0 Å². The molecule has 82 valence electrons. The van der Waals surface area contributed by atoms with Crippen LogP contribution in [-0.4, -0.2) is 0 Å². The van der Waals surface area contributed by atoms with Crippen LogP contribution in [0.25, 0.3) is 0 Å². The maximum Gasteiger partial charge on any atom is -0.0191 e. The molecule has 0 bridgehead atoms. The molecule has 0 aliphatic heterocycles. The summed E-state index contributed by atoms with van der Waals surface area (Å²) in [6, 6.07) is 0. The van der Waals surface area contributed by atoms with Crippen molar-refractivity contribution in [1.82, 2.24) is 0 Å². The van der Waals surface area contributed by atoms with E-state index >= 15 is 0 Å². The first-order valence-corrected chi connectivity index (χ1v) is 5.59. The molecule has 0 aliphatic carbocycles. The normalized spacial score (nSPS) is 14.9. The average Bonchev–Trinajstić information content (AvgIpc) is 2.26. The summed E-state index contributed by atoms with van der Waals surface area (Å²) in [5.74, 6) is 0. The molecule has 0 N–H and O–H groups in total. The van der Waals surface area contributed by atoms with Gasteiger partial charge in [-0.3, -0.25) is 0 Å². The molecule has 0 spiro atoms. The molecule has 0 atom stereocenters. The predicted molar refractivity (Wildman–Crippen MR) is 70.9 cm³/mol. The summed E-state index contributed by atoms with van der Waals surface area (Å²) in [6.45, 7) is 8.29. The molecular formula is C15H22. The Hall–Kier alpha value is -1.30. The average molecular weight is 202 g/mol. The highest BCUT2D eigenvalue weighted by molar-refractivity contribution is 5.47. The third kappa shape index (κ3) is 5.90. The van der Waals surface area contributed by atoms with Crippen molar-refractivity contribution in [2.75, 3.05) is 0 Å². The van der Waals surface area contributed by atoms with Gasteiger partial charge in [0.15, 0.2) is 0 Å². The molecule has 0 saturated heterocycles. The second kappa shape index (κ2) is 9.26. The van der Waals surface area contributed by atoms with E-state index in [2.05, 4.69) is 56.4 Å². The Balaban J connectivity index is 4.96. The van der Waals surface area contributed by atoms with Gasteiger partial charge in [-0.15, -0.1) is 0 Å². The van der Waals surface area contributed by atoms with Gasteiger partial charge >= 0.3 is 0 Å². The quantitative estimate of drug-likeness (QED) is 0.552. The zero-order valence-electron chi connectivity index (χ0n) is 10.3. The summed E-state index contributed by atoms with van der Waals surface area (Å²) in [7, 11) is 0. The minimum atomic E-state index is 1.07. The lowest BCUT2D eigenvalue weighted by Gasteiger charge is -2.01. The van der Waals surface area contributed by atoms with Gasteiger partial charge in [0, 0.05) is 0 Å². The van der Waals surface area contributed by atoms with E-state index in [9.17, 15) is 0 Å². The molecule has 0 heteroatoms. The lowest BCUT2D eigenvalue weighted by Crippen LogP contribution is -1.82. The van der Waals surface area contributed by atoms with Crippen LogP contribution in [0.1, 0.15) is 34.1 Å². The Kier molecular flexibility index (Phi) is 8.46.